The number of fused-ring (bicyclic) bond motifs is 3. The van der Waals surface area contributed by atoms with E-state index in [1.54, 1.807) is 6.20 Å². The van der Waals surface area contributed by atoms with Crippen molar-refractivity contribution in [2.75, 3.05) is 0 Å². The molecule has 9 nitrogen and oxygen atoms in total. The molecule has 5 rings (SSSR count). The lowest BCUT2D eigenvalue weighted by molar-refractivity contribution is 0.0909. The summed E-state index contributed by atoms with van der Waals surface area (Å²) < 4.78 is 7.17. The average molecular weight is 365 g/mol. The lowest BCUT2D eigenvalue weighted by atomic mass is 9.93. The summed E-state index contributed by atoms with van der Waals surface area (Å²) in [5.74, 6) is 1.57. The Kier molecular flexibility index (Phi) is 3.66. The van der Waals surface area contributed by atoms with Gasteiger partial charge in [-0.15, -0.1) is 10.2 Å². The molecule has 0 aromatic carbocycles. The minimum absolute atomic E-state index is 0.0634. The third kappa shape index (κ3) is 2.57. The van der Waals surface area contributed by atoms with Crippen LogP contribution in [0, 0.1) is 5.92 Å². The molecule has 1 aliphatic rings. The van der Waals surface area contributed by atoms with Crippen LogP contribution in [0.3, 0.4) is 0 Å². The molecule has 1 fully saturated rings. The molecule has 4 aromatic rings. The standard InChI is InChI=1S/C18H19N7O2/c1-2-10-5-11(22-18(26)14-7-19-9-27-14)6-12(10)17-24-23-15-8-21-16-13(25(15)17)3-4-20-16/h3-4,7-12,20H,2,5-6H2,1H3,(H,22,26)/t10-,11+,12+/m1/s1. The number of aromatic nitrogens is 6. The van der Waals surface area contributed by atoms with E-state index in [1.807, 2.05) is 12.3 Å². The summed E-state index contributed by atoms with van der Waals surface area (Å²) in [6, 6.07) is 2.05. The Balaban J connectivity index is 1.47. The van der Waals surface area contributed by atoms with Crippen LogP contribution in [-0.4, -0.2) is 41.5 Å². The van der Waals surface area contributed by atoms with Crippen molar-refractivity contribution in [3.63, 3.8) is 0 Å². The van der Waals surface area contributed by atoms with Gasteiger partial charge in [0.15, 0.2) is 17.7 Å². The maximum Gasteiger partial charge on any atom is 0.288 e. The Bertz CT molecular complexity index is 1100. The number of hydrogen-bond donors (Lipinski definition) is 2. The SMILES string of the molecule is CC[C@@H]1C[C@H](NC(=O)c2cnco2)C[C@@H]1c1nnc2cnc3[nH]ccc3n12. The van der Waals surface area contributed by atoms with Gasteiger partial charge in [0, 0.05) is 18.2 Å². The van der Waals surface area contributed by atoms with Crippen molar-refractivity contribution in [3.05, 3.63) is 42.6 Å². The number of aromatic amines is 1. The third-order valence-electron chi connectivity index (χ3n) is 5.51. The fourth-order valence-electron chi connectivity index (χ4n) is 4.23. The van der Waals surface area contributed by atoms with E-state index < -0.39 is 0 Å². The zero-order valence-electron chi connectivity index (χ0n) is 14.8. The average Bonchev–Trinajstić information content (AvgIpc) is 3.45. The molecule has 9 heteroatoms. The number of nitrogens with one attached hydrogen (secondary N) is 2. The van der Waals surface area contributed by atoms with Crippen LogP contribution in [0.1, 0.15) is 48.5 Å². The van der Waals surface area contributed by atoms with Gasteiger partial charge in [-0.05, 0) is 24.8 Å². The summed E-state index contributed by atoms with van der Waals surface area (Å²) in [6.07, 6.45) is 9.02. The lowest BCUT2D eigenvalue weighted by Crippen LogP contribution is -2.32. The minimum atomic E-state index is -0.226. The van der Waals surface area contributed by atoms with Gasteiger partial charge in [-0.25, -0.2) is 9.97 Å². The van der Waals surface area contributed by atoms with Crippen molar-refractivity contribution in [1.82, 2.24) is 34.9 Å². The number of H-pyrrole nitrogens is 1. The molecule has 138 valence electrons. The van der Waals surface area contributed by atoms with Crippen LogP contribution >= 0.6 is 0 Å². The van der Waals surface area contributed by atoms with Crippen molar-refractivity contribution in [3.8, 4) is 0 Å². The normalized spacial score (nSPS) is 22.6. The zero-order chi connectivity index (χ0) is 18.4. The molecule has 0 radical (unpaired) electrons. The molecular formula is C18H19N7O2. The molecule has 2 N–H and O–H groups in total. The second-order valence-corrected chi connectivity index (χ2v) is 7.00. The van der Waals surface area contributed by atoms with Crippen molar-refractivity contribution in [1.29, 1.82) is 0 Å². The molecule has 0 spiro atoms. The maximum atomic E-state index is 12.3. The maximum absolute atomic E-state index is 12.3. The molecule has 1 amide bonds. The molecule has 0 unspecified atom stereocenters. The molecule has 1 aliphatic carbocycles. The fraction of sp³-hybridized carbons (Fsp3) is 0.389. The van der Waals surface area contributed by atoms with Crippen LogP contribution in [0.2, 0.25) is 0 Å². The van der Waals surface area contributed by atoms with Crippen LogP contribution in [0.15, 0.2) is 35.5 Å². The van der Waals surface area contributed by atoms with E-state index >= 15 is 0 Å². The summed E-state index contributed by atoms with van der Waals surface area (Å²) in [6.45, 7) is 2.18. The van der Waals surface area contributed by atoms with Crippen molar-refractivity contribution in [2.24, 2.45) is 5.92 Å². The number of oxazole rings is 1. The number of hydrogen-bond acceptors (Lipinski definition) is 6. The summed E-state index contributed by atoms with van der Waals surface area (Å²) in [4.78, 5) is 23.6. The van der Waals surface area contributed by atoms with Crippen molar-refractivity contribution in [2.45, 2.75) is 38.1 Å². The Morgan fingerprint density at radius 1 is 1.37 bits per heavy atom. The fourth-order valence-corrected chi connectivity index (χ4v) is 4.23. The van der Waals surface area contributed by atoms with Gasteiger partial charge < -0.3 is 14.7 Å². The summed E-state index contributed by atoms with van der Waals surface area (Å²) in [5, 5.41) is 11.9. The van der Waals surface area contributed by atoms with Gasteiger partial charge in [-0.1, -0.05) is 13.3 Å². The van der Waals surface area contributed by atoms with Gasteiger partial charge in [0.25, 0.3) is 5.91 Å². The minimum Gasteiger partial charge on any atom is -0.438 e. The Morgan fingerprint density at radius 2 is 2.30 bits per heavy atom. The van der Waals surface area contributed by atoms with Crippen molar-refractivity contribution >= 4 is 22.7 Å². The highest BCUT2D eigenvalue weighted by atomic mass is 16.3. The van der Waals surface area contributed by atoms with Crippen LogP contribution in [0.4, 0.5) is 0 Å². The van der Waals surface area contributed by atoms with E-state index in [4.69, 9.17) is 4.42 Å². The number of nitrogens with zero attached hydrogens (tertiary/aromatic N) is 5. The highest BCUT2D eigenvalue weighted by Gasteiger charge is 2.38. The van der Waals surface area contributed by atoms with Gasteiger partial charge in [0.1, 0.15) is 5.82 Å². The van der Waals surface area contributed by atoms with Crippen LogP contribution in [0.25, 0.3) is 16.8 Å². The number of amides is 1. The quantitative estimate of drug-likeness (QED) is 0.573. The number of carbonyl (C=O) groups is 1. The smallest absolute Gasteiger partial charge is 0.288 e. The second-order valence-electron chi connectivity index (χ2n) is 7.00. The van der Waals surface area contributed by atoms with Crippen LogP contribution in [-0.2, 0) is 0 Å². The molecule has 4 aromatic heterocycles. The Morgan fingerprint density at radius 3 is 3.11 bits per heavy atom. The van der Waals surface area contributed by atoms with E-state index in [1.165, 1.54) is 12.6 Å². The number of rotatable bonds is 4. The largest absolute Gasteiger partial charge is 0.438 e. The summed E-state index contributed by atoms with van der Waals surface area (Å²) >= 11 is 0. The van der Waals surface area contributed by atoms with Gasteiger partial charge >= 0.3 is 0 Å². The second kappa shape index (κ2) is 6.19. The lowest BCUT2D eigenvalue weighted by Gasteiger charge is -2.15. The third-order valence-corrected chi connectivity index (χ3v) is 5.51. The molecule has 27 heavy (non-hydrogen) atoms. The number of carbonyl (C=O) groups excluding carboxylic acids is 1. The van der Waals surface area contributed by atoms with E-state index in [0.29, 0.717) is 5.92 Å². The highest BCUT2D eigenvalue weighted by Crippen LogP contribution is 2.41. The molecular weight excluding hydrogens is 346 g/mol. The molecule has 0 bridgehead atoms. The first-order valence-corrected chi connectivity index (χ1v) is 9.11. The summed E-state index contributed by atoms with van der Waals surface area (Å²) in [7, 11) is 0. The summed E-state index contributed by atoms with van der Waals surface area (Å²) in [5.41, 5.74) is 2.52. The van der Waals surface area contributed by atoms with Crippen LogP contribution < -0.4 is 5.32 Å². The van der Waals surface area contributed by atoms with Crippen molar-refractivity contribution < 1.29 is 9.21 Å². The first kappa shape index (κ1) is 16.0. The molecule has 0 saturated heterocycles. The van der Waals surface area contributed by atoms with Crippen LogP contribution in [0.5, 0.6) is 0 Å². The van der Waals surface area contributed by atoms with E-state index in [2.05, 4.69) is 41.8 Å². The highest BCUT2D eigenvalue weighted by molar-refractivity contribution is 5.91. The molecule has 0 aliphatic heterocycles. The topological polar surface area (TPSA) is 114 Å². The Labute approximate surface area is 154 Å². The van der Waals surface area contributed by atoms with E-state index in [9.17, 15) is 4.79 Å². The predicted molar refractivity (Wildman–Crippen MR) is 96.2 cm³/mol. The van der Waals surface area contributed by atoms with Gasteiger partial charge in [0.2, 0.25) is 5.76 Å². The molecule has 3 atom stereocenters. The van der Waals surface area contributed by atoms with Gasteiger partial charge in [0.05, 0.1) is 17.9 Å². The Hall–Kier alpha value is -3.23. The van der Waals surface area contributed by atoms with Gasteiger partial charge in [-0.2, -0.15) is 0 Å². The van der Waals surface area contributed by atoms with Gasteiger partial charge in [-0.3, -0.25) is 9.20 Å². The predicted octanol–water partition coefficient (Wildman–Crippen LogP) is 2.30. The zero-order valence-corrected chi connectivity index (χ0v) is 14.8. The molecule has 1 saturated carbocycles. The first-order valence-electron chi connectivity index (χ1n) is 9.11. The monoisotopic (exact) mass is 365 g/mol. The van der Waals surface area contributed by atoms with E-state index in [-0.39, 0.29) is 23.6 Å². The first-order chi connectivity index (χ1) is 13.2. The molecule has 4 heterocycles. The van der Waals surface area contributed by atoms with E-state index in [0.717, 1.165) is 41.9 Å².